The first kappa shape index (κ1) is 36.1. The van der Waals surface area contributed by atoms with Crippen LogP contribution in [0.15, 0.2) is 0 Å². The van der Waals surface area contributed by atoms with Gasteiger partial charge in [-0.15, -0.1) is 70.6 Å². The summed E-state index contributed by atoms with van der Waals surface area (Å²) in [6.45, 7) is 1.04. The Hall–Kier alpha value is 1.15. The van der Waals surface area contributed by atoms with Crippen molar-refractivity contribution in [3.63, 3.8) is 0 Å². The van der Waals surface area contributed by atoms with Crippen molar-refractivity contribution in [3.05, 3.63) is 0 Å². The molecule has 17 heteroatoms. The Morgan fingerprint density at radius 1 is 0.514 bits per heavy atom. The molecule has 0 saturated heterocycles. The van der Waals surface area contributed by atoms with Crippen molar-refractivity contribution in [2.45, 2.75) is 0 Å². The van der Waals surface area contributed by atoms with Gasteiger partial charge < -0.3 is 19.7 Å². The molecular weight excluding hydrogens is 601 g/mol. The van der Waals surface area contributed by atoms with Crippen molar-refractivity contribution >= 4 is 94.3 Å². The fourth-order valence-electron chi connectivity index (χ4n) is 1.52. The van der Waals surface area contributed by atoms with Gasteiger partial charge in [-0.3, -0.25) is 9.59 Å². The van der Waals surface area contributed by atoms with Gasteiger partial charge in [0, 0.05) is 33.2 Å². The van der Waals surface area contributed by atoms with E-state index in [9.17, 15) is 9.59 Å². The lowest BCUT2D eigenvalue weighted by Gasteiger charge is -2.06. The number of carbonyl (C=O) groups excluding carboxylic acids is 2. The van der Waals surface area contributed by atoms with Crippen molar-refractivity contribution in [1.29, 1.82) is 0 Å². The van der Waals surface area contributed by atoms with Crippen LogP contribution < -0.4 is 0 Å². The van der Waals surface area contributed by atoms with Gasteiger partial charge in [-0.1, -0.05) is 11.8 Å². The molecule has 0 bridgehead atoms. The monoisotopic (exact) mass is 634 g/mol. The Morgan fingerprint density at radius 3 is 1.49 bits per heavy atom. The van der Waals surface area contributed by atoms with Crippen LogP contribution in [-0.4, -0.2) is 117 Å². The van der Waals surface area contributed by atoms with Gasteiger partial charge in [-0.2, -0.15) is 0 Å². The quantitative estimate of drug-likeness (QED) is 0.0430. The molecule has 0 aromatic carbocycles. The summed E-state index contributed by atoms with van der Waals surface area (Å²) in [6, 6.07) is 0. The second kappa shape index (κ2) is 31.4. The van der Waals surface area contributed by atoms with Crippen molar-refractivity contribution < 1.29 is 48.8 Å². The number of hydrogen-bond donors (Lipinski definition) is 2. The van der Waals surface area contributed by atoms with Gasteiger partial charge in [0.1, 0.15) is 23.8 Å². The van der Waals surface area contributed by atoms with Gasteiger partial charge in [0.15, 0.2) is 0 Å². The zero-order valence-electron chi connectivity index (χ0n) is 19.3. The smallest absolute Gasteiger partial charge is 0.316 e. The minimum atomic E-state index is -0.314. The van der Waals surface area contributed by atoms with Gasteiger partial charge >= 0.3 is 11.9 Å². The Bertz CT molecular complexity index is 483. The maximum atomic E-state index is 11.6. The Kier molecular flexibility index (Phi) is 32.4. The third-order valence-corrected chi connectivity index (χ3v) is 9.40. The SMILES string of the molecule is O=C(CSCCOOCSCSCCO)OCSCOOCCSCC(=O)OCSCSCCO. The zero-order chi connectivity index (χ0) is 25.7. The van der Waals surface area contributed by atoms with Crippen molar-refractivity contribution in [2.24, 2.45) is 0 Å². The first-order valence-corrected chi connectivity index (χ1v) is 18.3. The third-order valence-electron chi connectivity index (χ3n) is 2.90. The molecule has 0 atom stereocenters. The Morgan fingerprint density at radius 2 is 0.971 bits per heavy atom. The summed E-state index contributed by atoms with van der Waals surface area (Å²) >= 11 is 10.3. The minimum Gasteiger partial charge on any atom is -0.454 e. The summed E-state index contributed by atoms with van der Waals surface area (Å²) in [5.74, 6) is 3.63. The minimum absolute atomic E-state index is 0.154. The lowest BCUT2D eigenvalue weighted by molar-refractivity contribution is -0.274. The predicted octanol–water partition coefficient (Wildman–Crippen LogP) is 2.83. The van der Waals surface area contributed by atoms with E-state index >= 15 is 0 Å². The number of esters is 2. The first-order chi connectivity index (χ1) is 17.2. The largest absolute Gasteiger partial charge is 0.454 e. The molecule has 35 heavy (non-hydrogen) atoms. The standard InChI is InChI=1S/C18H34O10S7/c19-1-5-31-15-34-12-24-18(22)10-30-7-3-25-27-13-33-11-23-17(21)9-29-8-4-26-28-14-35-16-32-6-2-20/h19-20H,1-16H2. The van der Waals surface area contributed by atoms with Crippen molar-refractivity contribution in [1.82, 2.24) is 0 Å². The molecule has 0 aliphatic heterocycles. The maximum absolute atomic E-state index is 11.6. The van der Waals surface area contributed by atoms with Crippen LogP contribution in [0.25, 0.3) is 0 Å². The van der Waals surface area contributed by atoms with Gasteiger partial charge in [-0.25, -0.2) is 19.6 Å². The Labute approximate surface area is 236 Å². The van der Waals surface area contributed by atoms with Crippen LogP contribution in [0, 0.1) is 0 Å². The molecule has 0 saturated carbocycles. The van der Waals surface area contributed by atoms with Crippen LogP contribution in [0.2, 0.25) is 0 Å². The van der Waals surface area contributed by atoms with Crippen LogP contribution in [0.1, 0.15) is 0 Å². The first-order valence-electron chi connectivity index (χ1n) is 10.3. The van der Waals surface area contributed by atoms with E-state index in [0.717, 1.165) is 10.2 Å². The molecule has 0 rings (SSSR count). The molecule has 0 aromatic rings. The number of carbonyl (C=O) groups is 2. The molecule has 0 heterocycles. The highest BCUT2D eigenvalue weighted by atomic mass is 32.2. The van der Waals surface area contributed by atoms with Gasteiger partial charge in [0.25, 0.3) is 0 Å². The average Bonchev–Trinajstić information content (AvgIpc) is 2.85. The maximum Gasteiger partial charge on any atom is 0.316 e. The summed E-state index contributed by atoms with van der Waals surface area (Å²) < 4.78 is 10.1. The van der Waals surface area contributed by atoms with E-state index in [1.165, 1.54) is 47.0 Å². The van der Waals surface area contributed by atoms with Crippen LogP contribution in [0.3, 0.4) is 0 Å². The number of thioether (sulfide) groups is 7. The second-order valence-electron chi connectivity index (χ2n) is 5.60. The molecule has 0 fully saturated rings. The summed E-state index contributed by atoms with van der Waals surface area (Å²) in [6.07, 6.45) is 0. The van der Waals surface area contributed by atoms with Crippen LogP contribution in [0.4, 0.5) is 0 Å². The summed E-state index contributed by atoms with van der Waals surface area (Å²) in [5, 5.41) is 18.9. The average molecular weight is 635 g/mol. The number of rotatable bonds is 28. The lowest BCUT2D eigenvalue weighted by atomic mass is 10.8. The second-order valence-corrected chi connectivity index (χ2v) is 13.5. The Balaban J connectivity index is 3.23. The summed E-state index contributed by atoms with van der Waals surface area (Å²) in [4.78, 5) is 43.1. The highest BCUT2D eigenvalue weighted by Crippen LogP contribution is 2.13. The van der Waals surface area contributed by atoms with Crippen molar-refractivity contribution in [3.8, 4) is 0 Å². The third kappa shape index (κ3) is 31.3. The zero-order valence-corrected chi connectivity index (χ0v) is 25.0. The number of aliphatic hydroxyl groups excluding tert-OH is 2. The molecule has 0 amide bonds. The van der Waals surface area contributed by atoms with Crippen LogP contribution in [0.5, 0.6) is 0 Å². The molecule has 2 N–H and O–H groups in total. The van der Waals surface area contributed by atoms with Crippen LogP contribution in [-0.2, 0) is 38.6 Å². The fourth-order valence-corrected chi connectivity index (χ4v) is 6.13. The lowest BCUT2D eigenvalue weighted by Crippen LogP contribution is -2.10. The molecular formula is C18H34O10S7. The van der Waals surface area contributed by atoms with Gasteiger partial charge in [-0.05, 0) is 0 Å². The van der Waals surface area contributed by atoms with Gasteiger partial charge in [0.05, 0.1) is 37.9 Å². The molecule has 0 radical (unpaired) electrons. The van der Waals surface area contributed by atoms with E-state index < -0.39 is 0 Å². The molecule has 0 aliphatic rings. The van der Waals surface area contributed by atoms with E-state index in [2.05, 4.69) is 0 Å². The van der Waals surface area contributed by atoms with Gasteiger partial charge in [0.2, 0.25) is 0 Å². The van der Waals surface area contributed by atoms with Crippen LogP contribution >= 0.6 is 82.3 Å². The molecule has 0 unspecified atom stereocenters. The molecule has 10 nitrogen and oxygen atoms in total. The molecule has 0 aliphatic carbocycles. The van der Waals surface area contributed by atoms with E-state index in [-0.39, 0.29) is 48.5 Å². The molecule has 208 valence electrons. The normalized spacial score (nSPS) is 11.0. The van der Waals surface area contributed by atoms with E-state index in [1.807, 2.05) is 0 Å². The highest BCUT2D eigenvalue weighted by molar-refractivity contribution is 8.16. The summed E-state index contributed by atoms with van der Waals surface area (Å²) in [7, 11) is 0. The van der Waals surface area contributed by atoms with Crippen molar-refractivity contribution in [2.75, 3.05) is 94.9 Å². The summed E-state index contributed by atoms with van der Waals surface area (Å²) in [5.41, 5.74) is 0. The number of hydrogen-bond acceptors (Lipinski definition) is 17. The number of ether oxygens (including phenoxy) is 2. The predicted molar refractivity (Wildman–Crippen MR) is 152 cm³/mol. The fraction of sp³-hybridized carbons (Fsp3) is 0.889. The van der Waals surface area contributed by atoms with E-state index in [1.54, 1.807) is 35.3 Å². The topological polar surface area (TPSA) is 130 Å². The van der Waals surface area contributed by atoms with E-state index in [4.69, 9.17) is 39.2 Å². The number of aliphatic hydroxyl groups is 2. The molecule has 0 aromatic heterocycles. The highest BCUT2D eigenvalue weighted by Gasteiger charge is 2.05. The molecule has 0 spiro atoms. The van der Waals surface area contributed by atoms with E-state index in [0.29, 0.717) is 48.1 Å².